The van der Waals surface area contributed by atoms with Gasteiger partial charge in [-0.2, -0.15) is 0 Å². The molecule has 0 saturated heterocycles. The molecule has 0 bridgehead atoms. The lowest BCUT2D eigenvalue weighted by Crippen LogP contribution is -2.13. The van der Waals surface area contributed by atoms with Crippen LogP contribution in [0.25, 0.3) is 55.0 Å². The van der Waals surface area contributed by atoms with E-state index in [1.807, 2.05) is 0 Å². The Morgan fingerprint density at radius 3 is 1.43 bits per heavy atom. The van der Waals surface area contributed by atoms with Gasteiger partial charge in [0.25, 0.3) is 0 Å². The summed E-state index contributed by atoms with van der Waals surface area (Å²) in [7, 11) is 0. The van der Waals surface area contributed by atoms with Crippen molar-refractivity contribution < 1.29 is 0 Å². The second-order valence-corrected chi connectivity index (χ2v) is 15.9. The largest absolute Gasteiger partial charge is 0.310 e. The van der Waals surface area contributed by atoms with Crippen LogP contribution in [0.2, 0.25) is 0 Å². The van der Waals surface area contributed by atoms with Crippen molar-refractivity contribution in [2.24, 2.45) is 0 Å². The molecule has 0 spiro atoms. The minimum Gasteiger partial charge on any atom is -0.310 e. The summed E-state index contributed by atoms with van der Waals surface area (Å²) in [5.74, 6) is 0.0350. The molecule has 2 aromatic heterocycles. The predicted molar refractivity (Wildman–Crippen MR) is 253 cm³/mol. The van der Waals surface area contributed by atoms with E-state index >= 15 is 0 Å². The zero-order valence-corrected chi connectivity index (χ0v) is 33.7. The van der Waals surface area contributed by atoms with Gasteiger partial charge in [0.2, 0.25) is 0 Å². The summed E-state index contributed by atoms with van der Waals surface area (Å²) in [4.78, 5) is 2.43. The van der Waals surface area contributed by atoms with Crippen molar-refractivity contribution in [3.8, 4) is 11.4 Å². The van der Waals surface area contributed by atoms with Gasteiger partial charge in [-0.1, -0.05) is 133 Å². The number of anilines is 3. The van der Waals surface area contributed by atoms with Gasteiger partial charge in [-0.3, -0.25) is 0 Å². The van der Waals surface area contributed by atoms with E-state index in [2.05, 4.69) is 246 Å². The van der Waals surface area contributed by atoms with Crippen LogP contribution in [0.4, 0.5) is 17.1 Å². The Morgan fingerprint density at radius 1 is 0.350 bits per heavy atom. The van der Waals surface area contributed by atoms with Crippen molar-refractivity contribution in [1.82, 2.24) is 9.13 Å². The van der Waals surface area contributed by atoms with Gasteiger partial charge in [-0.15, -0.1) is 0 Å². The first kappa shape index (κ1) is 35.5. The highest BCUT2D eigenvalue weighted by atomic mass is 15.1. The zero-order chi connectivity index (χ0) is 40.2. The van der Waals surface area contributed by atoms with E-state index in [0.717, 1.165) is 17.1 Å². The molecular weight excluding hydrogens is 727 g/mol. The Bertz CT molecular complexity index is 3100. The Kier molecular flexibility index (Phi) is 8.67. The average molecular weight is 770 g/mol. The van der Waals surface area contributed by atoms with Crippen LogP contribution in [0.15, 0.2) is 218 Å². The molecule has 0 N–H and O–H groups in total. The van der Waals surface area contributed by atoms with Crippen LogP contribution in [0, 0.1) is 13.8 Å². The average Bonchev–Trinajstić information content (AvgIpc) is 3.82. The lowest BCUT2D eigenvalue weighted by atomic mass is 9.81. The van der Waals surface area contributed by atoms with Crippen LogP contribution in [-0.2, 0) is 0 Å². The van der Waals surface area contributed by atoms with Crippen molar-refractivity contribution in [2.45, 2.75) is 19.8 Å². The highest BCUT2D eigenvalue weighted by molar-refractivity contribution is 6.11. The first-order valence-corrected chi connectivity index (χ1v) is 20.8. The molecule has 0 fully saturated rings. The number of benzene rings is 9. The Balaban J connectivity index is 1.08. The fourth-order valence-electron chi connectivity index (χ4n) is 9.56. The molecule has 0 aliphatic heterocycles. The second-order valence-electron chi connectivity index (χ2n) is 15.9. The Labute approximate surface area is 350 Å². The predicted octanol–water partition coefficient (Wildman–Crippen LogP) is 15.1. The zero-order valence-electron chi connectivity index (χ0n) is 33.7. The first-order valence-electron chi connectivity index (χ1n) is 20.8. The third-order valence-corrected chi connectivity index (χ3v) is 12.3. The first-order chi connectivity index (χ1) is 29.6. The van der Waals surface area contributed by atoms with Crippen molar-refractivity contribution in [2.75, 3.05) is 4.90 Å². The third kappa shape index (κ3) is 5.89. The van der Waals surface area contributed by atoms with Gasteiger partial charge in [0, 0.05) is 55.9 Å². The number of rotatable bonds is 8. The summed E-state index contributed by atoms with van der Waals surface area (Å²) < 4.78 is 4.77. The van der Waals surface area contributed by atoms with Crippen molar-refractivity contribution in [3.63, 3.8) is 0 Å². The molecule has 286 valence electrons. The fourth-order valence-corrected chi connectivity index (χ4v) is 9.56. The SMILES string of the molecule is Cc1cc(N(c2ccccc2)c2ccc3c(c2)c2ccccc2n3-c2ccccc2)c(C)cc1C(c1ccccc1)c1ccc2c(c1)c1ccccc1n2-c1ccccc1. The maximum absolute atomic E-state index is 2.44. The van der Waals surface area contributed by atoms with Crippen LogP contribution in [0.3, 0.4) is 0 Å². The number of hydrogen-bond donors (Lipinski definition) is 0. The third-order valence-electron chi connectivity index (χ3n) is 12.3. The maximum atomic E-state index is 2.44. The molecule has 3 heteroatoms. The van der Waals surface area contributed by atoms with Crippen LogP contribution in [0.5, 0.6) is 0 Å². The lowest BCUT2D eigenvalue weighted by molar-refractivity contribution is 0.960. The Morgan fingerprint density at radius 2 is 0.833 bits per heavy atom. The topological polar surface area (TPSA) is 13.1 Å². The number of para-hydroxylation sites is 5. The number of aromatic nitrogens is 2. The van der Waals surface area contributed by atoms with Crippen molar-refractivity contribution >= 4 is 60.7 Å². The minimum atomic E-state index is 0.0350. The number of hydrogen-bond acceptors (Lipinski definition) is 1. The number of fused-ring (bicyclic) bond motifs is 6. The summed E-state index contributed by atoms with van der Waals surface area (Å²) in [6.07, 6.45) is 0. The molecule has 3 nitrogen and oxygen atoms in total. The summed E-state index contributed by atoms with van der Waals surface area (Å²) in [5, 5.41) is 4.99. The van der Waals surface area contributed by atoms with E-state index in [4.69, 9.17) is 0 Å². The van der Waals surface area contributed by atoms with E-state index in [9.17, 15) is 0 Å². The molecule has 0 radical (unpaired) electrons. The quantitative estimate of drug-likeness (QED) is 0.140. The smallest absolute Gasteiger partial charge is 0.0542 e. The van der Waals surface area contributed by atoms with Gasteiger partial charge in [0.15, 0.2) is 0 Å². The molecule has 0 saturated carbocycles. The van der Waals surface area contributed by atoms with E-state index in [1.54, 1.807) is 0 Å². The summed E-state index contributed by atoms with van der Waals surface area (Å²) >= 11 is 0. The van der Waals surface area contributed by atoms with Crippen molar-refractivity contribution in [3.05, 3.63) is 246 Å². The monoisotopic (exact) mass is 769 g/mol. The van der Waals surface area contributed by atoms with Crippen molar-refractivity contribution in [1.29, 1.82) is 0 Å². The number of aryl methyl sites for hydroxylation is 2. The van der Waals surface area contributed by atoms with Crippen LogP contribution in [-0.4, -0.2) is 9.13 Å². The molecule has 11 rings (SSSR count). The fraction of sp³-hybridized carbons (Fsp3) is 0.0526. The normalized spacial score (nSPS) is 12.1. The molecule has 1 unspecified atom stereocenters. The van der Waals surface area contributed by atoms with Crippen LogP contribution in [0.1, 0.15) is 33.7 Å². The molecule has 11 aromatic rings. The summed E-state index contributed by atoms with van der Waals surface area (Å²) in [5.41, 5.74) is 16.9. The molecule has 0 amide bonds. The standard InChI is InChI=1S/C57H43N3/c1-39-36-56(58(43-21-9-4-10-22-43)46-32-34-55-51(38-46)48-28-16-18-30-53(48)60(55)45-25-13-6-14-26-45)40(2)35-49(39)57(41-19-7-3-8-20-41)42-31-33-54-50(37-42)47-27-15-17-29-52(47)59(54)44-23-11-5-12-24-44/h3-38,57H,1-2H3. The van der Waals surface area contributed by atoms with Gasteiger partial charge in [0.1, 0.15) is 0 Å². The van der Waals surface area contributed by atoms with E-state index in [1.165, 1.54) is 82.8 Å². The summed E-state index contributed by atoms with van der Waals surface area (Å²) in [6.45, 7) is 4.56. The van der Waals surface area contributed by atoms with Crippen LogP contribution >= 0.6 is 0 Å². The highest BCUT2D eigenvalue weighted by Crippen LogP contribution is 2.44. The molecule has 0 aliphatic rings. The van der Waals surface area contributed by atoms with E-state index < -0.39 is 0 Å². The highest BCUT2D eigenvalue weighted by Gasteiger charge is 2.25. The van der Waals surface area contributed by atoms with E-state index in [-0.39, 0.29) is 5.92 Å². The summed E-state index contributed by atoms with van der Waals surface area (Å²) in [6, 6.07) is 79.6. The maximum Gasteiger partial charge on any atom is 0.0542 e. The van der Waals surface area contributed by atoms with Gasteiger partial charge < -0.3 is 14.0 Å². The number of nitrogens with zero attached hydrogens (tertiary/aromatic N) is 3. The van der Waals surface area contributed by atoms with Gasteiger partial charge in [-0.25, -0.2) is 0 Å². The molecule has 0 aliphatic carbocycles. The second kappa shape index (κ2) is 14.6. The van der Waals surface area contributed by atoms with Gasteiger partial charge >= 0.3 is 0 Å². The minimum absolute atomic E-state index is 0.0350. The molecular formula is C57H43N3. The van der Waals surface area contributed by atoms with Gasteiger partial charge in [-0.05, 0) is 127 Å². The van der Waals surface area contributed by atoms with E-state index in [0.29, 0.717) is 0 Å². The molecule has 60 heavy (non-hydrogen) atoms. The Hall–Kier alpha value is -7.62. The lowest BCUT2D eigenvalue weighted by Gasteiger charge is -2.29. The van der Waals surface area contributed by atoms with Gasteiger partial charge in [0.05, 0.1) is 22.1 Å². The molecule has 2 heterocycles. The molecule has 9 aromatic carbocycles. The molecule has 1 atom stereocenters. The van der Waals surface area contributed by atoms with Crippen LogP contribution < -0.4 is 4.90 Å².